The highest BCUT2D eigenvalue weighted by molar-refractivity contribution is 9.10. The summed E-state index contributed by atoms with van der Waals surface area (Å²) in [5, 5.41) is 16.2. The van der Waals surface area contributed by atoms with Crippen molar-refractivity contribution in [3.05, 3.63) is 45.4 Å². The molecule has 8 heteroatoms. The van der Waals surface area contributed by atoms with Crippen LogP contribution in [0.15, 0.2) is 40.0 Å². The number of rotatable bonds is 1. The number of nitrogens with zero attached hydrogens (tertiary/aromatic N) is 1. The summed E-state index contributed by atoms with van der Waals surface area (Å²) in [6.07, 6.45) is 3.57. The standard InChI is InChI=1S/C22H21BrClNO5/c1-11-6-7-12-18(20(2)16(26)8-9-22(11,20)28)29-19(27)21(12)10-15(25-30-21)17-13(23)4-3-5-14(17)24/h3-5,8-9,11-12,18,28H,6-7,10H2,1-2H3/t11-,12?,18?,20-,21?,22+/m0/s1. The van der Waals surface area contributed by atoms with Crippen LogP contribution in [0.5, 0.6) is 0 Å². The van der Waals surface area contributed by atoms with E-state index in [-0.39, 0.29) is 18.1 Å². The van der Waals surface area contributed by atoms with Crippen molar-refractivity contribution in [1.82, 2.24) is 0 Å². The van der Waals surface area contributed by atoms with E-state index in [2.05, 4.69) is 21.1 Å². The predicted octanol–water partition coefficient (Wildman–Crippen LogP) is 3.81. The van der Waals surface area contributed by atoms with Crippen LogP contribution in [0.3, 0.4) is 0 Å². The van der Waals surface area contributed by atoms with Gasteiger partial charge in [-0.2, -0.15) is 0 Å². The van der Waals surface area contributed by atoms with Crippen LogP contribution < -0.4 is 0 Å². The summed E-state index contributed by atoms with van der Waals surface area (Å²) in [6, 6.07) is 5.42. The van der Waals surface area contributed by atoms with Crippen molar-refractivity contribution in [1.29, 1.82) is 0 Å². The van der Waals surface area contributed by atoms with E-state index in [0.29, 0.717) is 29.1 Å². The Labute approximate surface area is 187 Å². The molecule has 1 spiro atoms. The second kappa shape index (κ2) is 6.40. The Hall–Kier alpha value is -1.70. The number of allylic oxidation sites excluding steroid dienone is 1. The van der Waals surface area contributed by atoms with Crippen molar-refractivity contribution in [3.8, 4) is 0 Å². The molecule has 5 rings (SSSR count). The Bertz CT molecular complexity index is 1020. The number of hydrogen-bond donors (Lipinski definition) is 1. The first-order chi connectivity index (χ1) is 14.1. The Morgan fingerprint density at radius 2 is 2.07 bits per heavy atom. The maximum atomic E-state index is 13.2. The molecule has 4 aliphatic rings. The number of fused-ring (bicyclic) bond motifs is 4. The summed E-state index contributed by atoms with van der Waals surface area (Å²) in [5.74, 6) is -1.37. The first-order valence-electron chi connectivity index (χ1n) is 10.0. The van der Waals surface area contributed by atoms with Gasteiger partial charge in [-0.05, 0) is 50.0 Å². The van der Waals surface area contributed by atoms with Gasteiger partial charge in [-0.15, -0.1) is 0 Å². The summed E-state index contributed by atoms with van der Waals surface area (Å²) in [5.41, 5.74) is -2.72. The molecule has 6 nitrogen and oxygen atoms in total. The SMILES string of the molecule is C[C@H]1CCC2C(OC(=O)C23CC(c2c(Cl)cccc2Br)=NO3)[C@]2(C)C(=O)C=C[C@@]12O. The average molecular weight is 495 g/mol. The van der Waals surface area contributed by atoms with Crippen LogP contribution in [-0.4, -0.2) is 39.9 Å². The van der Waals surface area contributed by atoms with E-state index in [1.807, 2.05) is 19.1 Å². The third-order valence-corrected chi connectivity index (χ3v) is 8.58. The molecule has 1 saturated heterocycles. The quantitative estimate of drug-likeness (QED) is 0.600. The highest BCUT2D eigenvalue weighted by atomic mass is 79.9. The first kappa shape index (κ1) is 20.2. The van der Waals surface area contributed by atoms with Gasteiger partial charge in [0.2, 0.25) is 5.60 Å². The molecule has 2 heterocycles. The van der Waals surface area contributed by atoms with Crippen molar-refractivity contribution >= 4 is 45.0 Å². The number of ketones is 1. The Balaban J connectivity index is 1.56. The van der Waals surface area contributed by atoms with Crippen LogP contribution in [0.1, 0.15) is 38.7 Å². The van der Waals surface area contributed by atoms with Crippen molar-refractivity contribution in [2.75, 3.05) is 0 Å². The Kier molecular flexibility index (Phi) is 4.32. The van der Waals surface area contributed by atoms with E-state index < -0.39 is 34.6 Å². The van der Waals surface area contributed by atoms with Gasteiger partial charge in [-0.1, -0.05) is 45.7 Å². The van der Waals surface area contributed by atoms with Crippen molar-refractivity contribution in [3.63, 3.8) is 0 Å². The van der Waals surface area contributed by atoms with Gasteiger partial charge >= 0.3 is 5.97 Å². The molecule has 158 valence electrons. The van der Waals surface area contributed by atoms with Gasteiger partial charge < -0.3 is 14.7 Å². The van der Waals surface area contributed by atoms with E-state index in [4.69, 9.17) is 21.2 Å². The Morgan fingerprint density at radius 3 is 2.80 bits per heavy atom. The minimum absolute atomic E-state index is 0.175. The molecule has 2 aliphatic carbocycles. The number of oxime groups is 1. The van der Waals surface area contributed by atoms with Crippen molar-refractivity contribution in [2.24, 2.45) is 22.4 Å². The number of halogens is 2. The smallest absolute Gasteiger partial charge is 0.354 e. The molecule has 0 amide bonds. The summed E-state index contributed by atoms with van der Waals surface area (Å²) in [6.45, 7) is 3.62. The lowest BCUT2D eigenvalue weighted by Crippen LogP contribution is -2.57. The van der Waals surface area contributed by atoms with E-state index in [9.17, 15) is 14.7 Å². The van der Waals surface area contributed by atoms with Crippen molar-refractivity contribution in [2.45, 2.75) is 50.4 Å². The van der Waals surface area contributed by atoms with Crippen LogP contribution in [0.2, 0.25) is 5.02 Å². The lowest BCUT2D eigenvalue weighted by molar-refractivity contribution is -0.169. The van der Waals surface area contributed by atoms with Crippen LogP contribution in [0, 0.1) is 17.3 Å². The number of ether oxygens (including phenoxy) is 1. The summed E-state index contributed by atoms with van der Waals surface area (Å²) >= 11 is 9.88. The van der Waals surface area contributed by atoms with Gasteiger partial charge in [-0.3, -0.25) is 4.79 Å². The molecule has 2 aliphatic heterocycles. The van der Waals surface area contributed by atoms with E-state index in [1.165, 1.54) is 6.08 Å². The summed E-state index contributed by atoms with van der Waals surface area (Å²) in [4.78, 5) is 31.9. The topological polar surface area (TPSA) is 85.2 Å². The van der Waals surface area contributed by atoms with Crippen LogP contribution in [0.4, 0.5) is 0 Å². The molecule has 3 unspecified atom stereocenters. The van der Waals surface area contributed by atoms with E-state index in [1.54, 1.807) is 19.1 Å². The van der Waals surface area contributed by atoms with Gasteiger partial charge in [0.15, 0.2) is 5.78 Å². The number of carbonyl (C=O) groups is 2. The fraction of sp³-hybridized carbons (Fsp3) is 0.500. The molecule has 6 atom stereocenters. The number of hydrogen-bond acceptors (Lipinski definition) is 6. The zero-order valence-corrected chi connectivity index (χ0v) is 18.9. The lowest BCUT2D eigenvalue weighted by Gasteiger charge is -2.43. The lowest BCUT2D eigenvalue weighted by atomic mass is 9.63. The maximum absolute atomic E-state index is 13.2. The predicted molar refractivity (Wildman–Crippen MR) is 113 cm³/mol. The van der Waals surface area contributed by atoms with E-state index in [0.717, 1.165) is 4.47 Å². The number of esters is 1. The second-order valence-electron chi connectivity index (χ2n) is 8.93. The zero-order valence-electron chi connectivity index (χ0n) is 16.5. The molecular formula is C22H21BrClNO5. The number of carbonyl (C=O) groups excluding carboxylic acids is 2. The van der Waals surface area contributed by atoms with Crippen LogP contribution in [-0.2, 0) is 19.2 Å². The highest BCUT2D eigenvalue weighted by Crippen LogP contribution is 2.59. The molecule has 30 heavy (non-hydrogen) atoms. The van der Waals surface area contributed by atoms with Gasteiger partial charge in [0.05, 0.1) is 16.7 Å². The molecule has 2 fully saturated rings. The fourth-order valence-electron chi connectivity index (χ4n) is 5.70. The molecule has 1 saturated carbocycles. The maximum Gasteiger partial charge on any atom is 0.354 e. The summed E-state index contributed by atoms with van der Waals surface area (Å²) < 4.78 is 6.58. The van der Waals surface area contributed by atoms with Gasteiger partial charge in [0.25, 0.3) is 0 Å². The monoisotopic (exact) mass is 493 g/mol. The van der Waals surface area contributed by atoms with Crippen LogP contribution >= 0.6 is 27.5 Å². The molecule has 0 aromatic heterocycles. The molecule has 1 aromatic rings. The minimum Gasteiger partial charge on any atom is -0.458 e. The van der Waals surface area contributed by atoms with E-state index >= 15 is 0 Å². The molecule has 1 N–H and O–H groups in total. The molecule has 0 radical (unpaired) electrons. The fourth-order valence-corrected chi connectivity index (χ4v) is 6.70. The normalized spacial score (nSPS) is 41.9. The Morgan fingerprint density at radius 1 is 1.30 bits per heavy atom. The minimum atomic E-state index is -1.37. The zero-order chi connectivity index (χ0) is 21.5. The molecular weight excluding hydrogens is 474 g/mol. The van der Waals surface area contributed by atoms with Crippen LogP contribution in [0.25, 0.3) is 0 Å². The van der Waals surface area contributed by atoms with Gasteiger partial charge in [0, 0.05) is 16.5 Å². The van der Waals surface area contributed by atoms with Gasteiger partial charge in [0.1, 0.15) is 17.1 Å². The largest absolute Gasteiger partial charge is 0.458 e. The number of aliphatic hydroxyl groups is 1. The third kappa shape index (κ3) is 2.31. The van der Waals surface area contributed by atoms with Crippen molar-refractivity contribution < 1.29 is 24.3 Å². The average Bonchev–Trinajstić information content (AvgIpc) is 3.31. The molecule has 0 bridgehead atoms. The second-order valence-corrected chi connectivity index (χ2v) is 10.2. The first-order valence-corrected chi connectivity index (χ1v) is 11.2. The summed E-state index contributed by atoms with van der Waals surface area (Å²) in [7, 11) is 0. The van der Waals surface area contributed by atoms with Gasteiger partial charge in [-0.25, -0.2) is 4.79 Å². The molecule has 1 aromatic carbocycles. The number of benzene rings is 1. The highest BCUT2D eigenvalue weighted by Gasteiger charge is 2.73. The third-order valence-electron chi connectivity index (χ3n) is 7.61.